The molecule has 2 heterocycles. The Morgan fingerprint density at radius 3 is 2.93 bits per heavy atom. The van der Waals surface area contributed by atoms with Gasteiger partial charge in [0, 0.05) is 6.61 Å². The van der Waals surface area contributed by atoms with E-state index in [-0.39, 0.29) is 5.97 Å². The van der Waals surface area contributed by atoms with Crippen molar-refractivity contribution < 1.29 is 19.1 Å². The van der Waals surface area contributed by atoms with Crippen LogP contribution in [0.3, 0.4) is 0 Å². The number of hydrogen-bond acceptors (Lipinski definition) is 5. The lowest BCUT2D eigenvalue weighted by atomic mass is 9.94. The van der Waals surface area contributed by atoms with Crippen molar-refractivity contribution in [1.29, 1.82) is 0 Å². The zero-order chi connectivity index (χ0) is 10.2. The maximum atomic E-state index is 11.3. The van der Waals surface area contributed by atoms with Crippen LogP contribution < -0.4 is 5.90 Å². The van der Waals surface area contributed by atoms with Crippen LogP contribution in [0.25, 0.3) is 0 Å². The van der Waals surface area contributed by atoms with Crippen molar-refractivity contribution in [2.45, 2.75) is 25.4 Å². The maximum Gasteiger partial charge on any atom is 0.338 e. The second-order valence-corrected chi connectivity index (χ2v) is 3.61. The molecule has 1 saturated heterocycles. The highest BCUT2D eigenvalue weighted by atomic mass is 16.7. The largest absolute Gasteiger partial charge is 0.445 e. The molecule has 2 rings (SSSR count). The highest BCUT2D eigenvalue weighted by Crippen LogP contribution is 2.38. The van der Waals surface area contributed by atoms with Gasteiger partial charge < -0.3 is 14.3 Å². The molecule has 1 fully saturated rings. The molecular weight excluding hydrogens is 186 g/mol. The monoisotopic (exact) mass is 199 g/mol. The Balaban J connectivity index is 2.32. The van der Waals surface area contributed by atoms with Gasteiger partial charge in [-0.25, -0.2) is 4.79 Å². The van der Waals surface area contributed by atoms with Crippen LogP contribution in [0, 0.1) is 0 Å². The fourth-order valence-corrected chi connectivity index (χ4v) is 1.96. The van der Waals surface area contributed by atoms with Gasteiger partial charge in [-0.15, -0.1) is 0 Å². The van der Waals surface area contributed by atoms with E-state index < -0.39 is 5.60 Å². The van der Waals surface area contributed by atoms with Crippen LogP contribution in [0.4, 0.5) is 0 Å². The summed E-state index contributed by atoms with van der Waals surface area (Å²) in [4.78, 5) is 16.1. The minimum atomic E-state index is -0.756. The molecule has 2 N–H and O–H groups in total. The fourth-order valence-electron chi connectivity index (χ4n) is 1.96. The smallest absolute Gasteiger partial charge is 0.338 e. The second kappa shape index (κ2) is 3.25. The molecule has 1 atom stereocenters. The third-order valence-electron chi connectivity index (χ3n) is 2.67. The number of hydrogen-bond donors (Lipinski definition) is 1. The molecule has 5 nitrogen and oxygen atoms in total. The molecule has 78 valence electrons. The lowest BCUT2D eigenvalue weighted by Gasteiger charge is -2.32. The van der Waals surface area contributed by atoms with Gasteiger partial charge in [0.25, 0.3) is 0 Å². The number of carbonyl (C=O) groups excluding carboxylic acids is 1. The van der Waals surface area contributed by atoms with E-state index in [1.54, 1.807) is 6.92 Å². The molecule has 0 aromatic carbocycles. The summed E-state index contributed by atoms with van der Waals surface area (Å²) in [6, 6.07) is 0. The third kappa shape index (κ3) is 1.20. The first-order valence-corrected chi connectivity index (χ1v) is 4.59. The molecule has 0 aromatic rings. The van der Waals surface area contributed by atoms with Crippen LogP contribution in [0.2, 0.25) is 0 Å². The summed E-state index contributed by atoms with van der Waals surface area (Å²) in [5.74, 6) is 5.20. The van der Waals surface area contributed by atoms with Crippen LogP contribution in [-0.4, -0.2) is 24.8 Å². The molecular formula is C9H13NO4. The van der Waals surface area contributed by atoms with Gasteiger partial charge in [-0.1, -0.05) is 0 Å². The summed E-state index contributed by atoms with van der Waals surface area (Å²) in [6.45, 7) is 2.67. The standard InChI is InChI=1S/C9H13NO4/c1-6-7(14-10)9(13-8(6)11)3-2-4-12-5-9/h2-5,10H2,1H3. The van der Waals surface area contributed by atoms with Crippen LogP contribution in [0.15, 0.2) is 11.3 Å². The number of rotatable bonds is 1. The average Bonchev–Trinajstić information content (AvgIpc) is 2.40. The van der Waals surface area contributed by atoms with Gasteiger partial charge >= 0.3 is 5.97 Å². The summed E-state index contributed by atoms with van der Waals surface area (Å²) in [6.07, 6.45) is 1.55. The van der Waals surface area contributed by atoms with Gasteiger partial charge in [-0.2, -0.15) is 5.90 Å². The van der Waals surface area contributed by atoms with Crippen molar-refractivity contribution in [3.8, 4) is 0 Å². The molecule has 2 aliphatic rings. The Labute approximate surface area is 81.8 Å². The molecule has 1 unspecified atom stereocenters. The normalized spacial score (nSPS) is 32.3. The summed E-state index contributed by atoms with van der Waals surface area (Å²) in [5.41, 5.74) is -0.313. The van der Waals surface area contributed by atoms with Crippen molar-refractivity contribution in [3.63, 3.8) is 0 Å². The highest BCUT2D eigenvalue weighted by Gasteiger charge is 2.49. The summed E-state index contributed by atoms with van der Waals surface area (Å²) in [7, 11) is 0. The van der Waals surface area contributed by atoms with E-state index in [0.29, 0.717) is 31.0 Å². The lowest BCUT2D eigenvalue weighted by Crippen LogP contribution is -2.42. The van der Waals surface area contributed by atoms with Gasteiger partial charge in [-0.3, -0.25) is 0 Å². The zero-order valence-electron chi connectivity index (χ0n) is 8.04. The molecule has 1 spiro atoms. The zero-order valence-corrected chi connectivity index (χ0v) is 8.04. The van der Waals surface area contributed by atoms with Crippen molar-refractivity contribution in [3.05, 3.63) is 11.3 Å². The Bertz CT molecular complexity index is 291. The van der Waals surface area contributed by atoms with E-state index in [0.717, 1.165) is 6.42 Å². The molecule has 0 amide bonds. The predicted molar refractivity (Wildman–Crippen MR) is 46.8 cm³/mol. The Morgan fingerprint density at radius 1 is 1.57 bits per heavy atom. The molecule has 0 saturated carbocycles. The molecule has 0 bridgehead atoms. The van der Waals surface area contributed by atoms with Crippen LogP contribution in [-0.2, 0) is 19.1 Å². The average molecular weight is 199 g/mol. The number of ether oxygens (including phenoxy) is 2. The first-order chi connectivity index (χ1) is 6.69. The van der Waals surface area contributed by atoms with Crippen molar-refractivity contribution >= 4 is 5.97 Å². The quantitative estimate of drug-likeness (QED) is 0.484. The minimum Gasteiger partial charge on any atom is -0.445 e. The van der Waals surface area contributed by atoms with Crippen molar-refractivity contribution in [2.24, 2.45) is 5.90 Å². The van der Waals surface area contributed by atoms with E-state index in [2.05, 4.69) is 0 Å². The van der Waals surface area contributed by atoms with Crippen LogP contribution >= 0.6 is 0 Å². The van der Waals surface area contributed by atoms with E-state index in [1.165, 1.54) is 0 Å². The summed E-state index contributed by atoms with van der Waals surface area (Å²) >= 11 is 0. The maximum absolute atomic E-state index is 11.3. The number of carbonyl (C=O) groups is 1. The molecule has 14 heavy (non-hydrogen) atoms. The number of esters is 1. The SMILES string of the molecule is CC1=C(ON)C2(CCCOC2)OC1=O. The van der Waals surface area contributed by atoms with Gasteiger partial charge in [0.05, 0.1) is 12.2 Å². The minimum absolute atomic E-state index is 0.336. The number of nitrogens with two attached hydrogens (primary N) is 1. The van der Waals surface area contributed by atoms with Gasteiger partial charge in [0.2, 0.25) is 0 Å². The Morgan fingerprint density at radius 2 is 2.36 bits per heavy atom. The summed E-state index contributed by atoms with van der Waals surface area (Å²) in [5, 5.41) is 0. The molecule has 0 aliphatic carbocycles. The van der Waals surface area contributed by atoms with Crippen LogP contribution in [0.1, 0.15) is 19.8 Å². The lowest BCUT2D eigenvalue weighted by molar-refractivity contribution is -0.161. The topological polar surface area (TPSA) is 70.8 Å². The predicted octanol–water partition coefficient (Wildman–Crippen LogP) is 0.257. The van der Waals surface area contributed by atoms with E-state index in [4.69, 9.17) is 20.2 Å². The van der Waals surface area contributed by atoms with Gasteiger partial charge in [0.1, 0.15) is 0 Å². The Hall–Kier alpha value is -1.07. The van der Waals surface area contributed by atoms with E-state index >= 15 is 0 Å². The summed E-state index contributed by atoms with van der Waals surface area (Å²) < 4.78 is 10.6. The molecule has 0 radical (unpaired) electrons. The van der Waals surface area contributed by atoms with Crippen molar-refractivity contribution in [1.82, 2.24) is 0 Å². The molecule has 0 aromatic heterocycles. The fraction of sp³-hybridized carbons (Fsp3) is 0.667. The first kappa shape index (κ1) is 9.48. The molecule has 5 heteroatoms. The van der Waals surface area contributed by atoms with E-state index in [1.807, 2.05) is 0 Å². The second-order valence-electron chi connectivity index (χ2n) is 3.61. The Kier molecular flexibility index (Phi) is 2.20. The third-order valence-corrected chi connectivity index (χ3v) is 2.67. The van der Waals surface area contributed by atoms with E-state index in [9.17, 15) is 4.79 Å². The molecule has 2 aliphatic heterocycles. The van der Waals surface area contributed by atoms with Gasteiger partial charge in [0.15, 0.2) is 11.4 Å². The van der Waals surface area contributed by atoms with Crippen LogP contribution in [0.5, 0.6) is 0 Å². The highest BCUT2D eigenvalue weighted by molar-refractivity contribution is 5.91. The van der Waals surface area contributed by atoms with Gasteiger partial charge in [-0.05, 0) is 19.8 Å². The van der Waals surface area contributed by atoms with Crippen molar-refractivity contribution in [2.75, 3.05) is 13.2 Å². The first-order valence-electron chi connectivity index (χ1n) is 4.59.